The summed E-state index contributed by atoms with van der Waals surface area (Å²) in [5.74, 6) is 1.51. The number of amides is 4. The lowest BCUT2D eigenvalue weighted by molar-refractivity contribution is -0.134. The first-order valence-corrected chi connectivity index (χ1v) is 30.6. The van der Waals surface area contributed by atoms with Crippen molar-refractivity contribution in [2.24, 2.45) is 23.2 Å². The first kappa shape index (κ1) is 58.8. The zero-order chi connectivity index (χ0) is 59.8. The van der Waals surface area contributed by atoms with Crippen LogP contribution in [-0.4, -0.2) is 107 Å². The highest BCUT2D eigenvalue weighted by Gasteiger charge is 2.75. The standard InChI is InChI=1S/C21H21N5O2S.C21H17N5O2S.C19H22N6O2S/c27-16-5-12-6-21(12)7-14(17(16)21)19(28)25-13-3-1-2-11(4-13)9-29-20-15-8-24-26-18(15)22-10-23-20;27-18(10-14-5-2-1-3-6-14)20(28)25-16-8-4-7-15(9-16)12-29-21-17-11-24-26-19(17)22-13-23-21;1-12(26)24-19(2,3)8-16(27)23-14-6-4-5-13(7-14)10-28-18-15-9-22-25-17(15)20-11-21-18/h1-4,8,10,12,14,16-17,27H,5-7,9H2,(H,25,28)(H,22,23,24,26);1-9,11,13H,10,12H2,(H,25,28)(H,22,23,24,26);4-7,9,11H,8,10H2,1-3H3,(H,23,27)(H,24,26)(H,20,21,22,25). The number of anilines is 3. The van der Waals surface area contributed by atoms with Gasteiger partial charge in [0.25, 0.3) is 5.91 Å². The molecule has 25 heteroatoms. The zero-order valence-corrected chi connectivity index (χ0v) is 49.4. The third-order valence-electron chi connectivity index (χ3n) is 15.2. The van der Waals surface area contributed by atoms with E-state index in [1.807, 2.05) is 111 Å². The fraction of sp³-hybridized carbons (Fsp3) is 0.279. The Hall–Kier alpha value is -8.91. The maximum Gasteiger partial charge on any atom is 0.292 e. The van der Waals surface area contributed by atoms with Gasteiger partial charge in [0.15, 0.2) is 16.9 Å². The number of carbonyl (C=O) groups is 5. The highest BCUT2D eigenvalue weighted by molar-refractivity contribution is 7.99. The van der Waals surface area contributed by atoms with Crippen LogP contribution in [0.5, 0.6) is 0 Å². The maximum absolute atomic E-state index is 12.8. The number of rotatable bonds is 19. The van der Waals surface area contributed by atoms with Crippen molar-refractivity contribution >= 4 is 115 Å². The lowest BCUT2D eigenvalue weighted by atomic mass is 9.61. The summed E-state index contributed by atoms with van der Waals surface area (Å²) in [7, 11) is 0. The fourth-order valence-corrected chi connectivity index (χ4v) is 14.0. The largest absolute Gasteiger partial charge is 0.393 e. The number of H-pyrrole nitrogens is 3. The molecule has 0 radical (unpaired) electrons. The Morgan fingerprint density at radius 2 is 1.06 bits per heavy atom. The number of hydrogen-bond donors (Lipinski definition) is 8. The molecule has 3 aliphatic rings. The van der Waals surface area contributed by atoms with E-state index in [4.69, 9.17) is 0 Å². The molecule has 10 aromatic rings. The van der Waals surface area contributed by atoms with E-state index in [-0.39, 0.29) is 48.5 Å². The number of fused-ring (bicyclic) bond motifs is 3. The summed E-state index contributed by atoms with van der Waals surface area (Å²) < 4.78 is 0. The number of carbonyl (C=O) groups excluding carboxylic acids is 5. The molecule has 3 fully saturated rings. The minimum Gasteiger partial charge on any atom is -0.393 e. The van der Waals surface area contributed by atoms with Gasteiger partial charge in [0.2, 0.25) is 23.5 Å². The van der Waals surface area contributed by atoms with Gasteiger partial charge in [-0.05, 0) is 103 Å². The van der Waals surface area contributed by atoms with Crippen molar-refractivity contribution in [2.45, 2.75) is 96.9 Å². The molecule has 0 aliphatic heterocycles. The van der Waals surface area contributed by atoms with Crippen LogP contribution >= 0.6 is 35.3 Å². The Kier molecular flexibility index (Phi) is 17.9. The topological polar surface area (TPSA) is 317 Å². The third-order valence-corrected chi connectivity index (χ3v) is 18.4. The molecule has 0 bridgehead atoms. The minimum absolute atomic E-state index is 0.0490. The highest BCUT2D eigenvalue weighted by atomic mass is 32.2. The van der Waals surface area contributed by atoms with E-state index < -0.39 is 17.2 Å². The van der Waals surface area contributed by atoms with Gasteiger partial charge in [0, 0.05) is 71.5 Å². The van der Waals surface area contributed by atoms with Crippen molar-refractivity contribution < 1.29 is 29.1 Å². The lowest BCUT2D eigenvalue weighted by Gasteiger charge is -2.44. The smallest absolute Gasteiger partial charge is 0.292 e. The molecule has 6 heterocycles. The molecule has 1 spiro atoms. The number of nitrogens with one attached hydrogen (secondary N) is 7. The normalized spacial score (nSPS) is 18.0. The minimum atomic E-state index is -0.616. The summed E-state index contributed by atoms with van der Waals surface area (Å²) in [4.78, 5) is 86.2. The van der Waals surface area contributed by atoms with Crippen LogP contribution < -0.4 is 21.3 Å². The Labute approximate surface area is 506 Å². The van der Waals surface area contributed by atoms with Gasteiger partial charge in [-0.15, -0.1) is 35.3 Å². The number of Topliss-reactive ketones (excluding diaryl/α,β-unsaturated/α-hetero) is 1. The number of benzene rings is 4. The maximum atomic E-state index is 12.8. The summed E-state index contributed by atoms with van der Waals surface area (Å²) >= 11 is 4.75. The second-order valence-electron chi connectivity index (χ2n) is 22.0. The predicted octanol–water partition coefficient (Wildman–Crippen LogP) is 9.27. The van der Waals surface area contributed by atoms with E-state index in [1.54, 1.807) is 59.9 Å². The Bertz CT molecular complexity index is 4100. The SMILES string of the molecule is CC(=O)NC(C)(C)CC(=O)Nc1cccc(CSc2ncnc3[nH]ncc23)c1.O=C(Cc1ccccc1)C(=O)Nc1cccc(CSc2ncnc3[nH]ncc23)c1.O=C(Nc1cccc(CSc2ncnc3[nH]ncc23)c1)C1CC23CC2CC(O)C13. The first-order valence-electron chi connectivity index (χ1n) is 27.7. The predicted molar refractivity (Wildman–Crippen MR) is 329 cm³/mol. The Morgan fingerprint density at radius 1 is 0.593 bits per heavy atom. The van der Waals surface area contributed by atoms with Crippen molar-refractivity contribution in [1.29, 1.82) is 0 Å². The molecule has 438 valence electrons. The molecular formula is C61H60N16O6S3. The van der Waals surface area contributed by atoms with Crippen molar-refractivity contribution in [1.82, 2.24) is 65.8 Å². The molecule has 13 rings (SSSR count). The summed E-state index contributed by atoms with van der Waals surface area (Å²) in [6.07, 6.45) is 12.7. The number of aromatic amines is 3. The highest BCUT2D eigenvalue weighted by Crippen LogP contribution is 2.77. The third kappa shape index (κ3) is 14.2. The summed E-state index contributed by atoms with van der Waals surface area (Å²) in [5, 5.41) is 47.5. The number of ketones is 1. The van der Waals surface area contributed by atoms with Gasteiger partial charge in [-0.25, -0.2) is 29.9 Å². The number of aliphatic hydroxyl groups excluding tert-OH is 1. The molecule has 3 saturated carbocycles. The van der Waals surface area contributed by atoms with Crippen molar-refractivity contribution in [3.05, 3.63) is 163 Å². The molecule has 86 heavy (non-hydrogen) atoms. The number of hydrogen-bond acceptors (Lipinski definition) is 18. The van der Waals surface area contributed by atoms with Gasteiger partial charge in [-0.3, -0.25) is 39.3 Å². The first-order chi connectivity index (χ1) is 41.6. The van der Waals surface area contributed by atoms with Crippen molar-refractivity contribution in [3.63, 3.8) is 0 Å². The summed E-state index contributed by atoms with van der Waals surface area (Å²) in [6.45, 7) is 5.08. The molecule has 5 unspecified atom stereocenters. The van der Waals surface area contributed by atoms with Gasteiger partial charge in [-0.2, -0.15) is 15.3 Å². The van der Waals surface area contributed by atoms with Crippen LogP contribution in [0, 0.1) is 23.2 Å². The Morgan fingerprint density at radius 3 is 1.53 bits per heavy atom. The quantitative estimate of drug-likeness (QED) is 0.0212. The molecule has 4 amide bonds. The van der Waals surface area contributed by atoms with Gasteiger partial charge in [0.05, 0.1) is 40.9 Å². The number of thioether (sulfide) groups is 3. The molecule has 3 aliphatic carbocycles. The van der Waals surface area contributed by atoms with E-state index >= 15 is 0 Å². The fourth-order valence-electron chi connectivity index (χ4n) is 11.3. The van der Waals surface area contributed by atoms with Gasteiger partial charge >= 0.3 is 0 Å². The molecular weight excluding hydrogens is 1150 g/mol. The van der Waals surface area contributed by atoms with Crippen LogP contribution in [0.3, 0.4) is 0 Å². The number of aromatic nitrogens is 12. The van der Waals surface area contributed by atoms with Gasteiger partial charge in [0.1, 0.15) is 34.1 Å². The second-order valence-corrected chi connectivity index (χ2v) is 24.9. The lowest BCUT2D eigenvalue weighted by Crippen LogP contribution is -2.48. The van der Waals surface area contributed by atoms with Crippen molar-refractivity contribution in [2.75, 3.05) is 16.0 Å². The monoisotopic (exact) mass is 1210 g/mol. The van der Waals surface area contributed by atoms with E-state index in [1.165, 1.54) is 32.3 Å². The zero-order valence-electron chi connectivity index (χ0n) is 47.0. The molecule has 5 atom stereocenters. The molecule has 4 aromatic carbocycles. The molecule has 0 saturated heterocycles. The number of nitrogens with zero attached hydrogens (tertiary/aromatic N) is 9. The molecule has 8 N–H and O–H groups in total. The molecule has 22 nitrogen and oxygen atoms in total. The van der Waals surface area contributed by atoms with Crippen LogP contribution in [0.15, 0.2) is 156 Å². The van der Waals surface area contributed by atoms with Crippen LogP contribution in [0.25, 0.3) is 33.1 Å². The van der Waals surface area contributed by atoms with Crippen LogP contribution in [0.2, 0.25) is 0 Å². The van der Waals surface area contributed by atoms with E-state index in [0.29, 0.717) is 39.8 Å². The summed E-state index contributed by atoms with van der Waals surface area (Å²) in [5.41, 5.74) is 7.92. The Balaban J connectivity index is 0.000000134. The van der Waals surface area contributed by atoms with Crippen LogP contribution in [0.1, 0.15) is 68.7 Å². The van der Waals surface area contributed by atoms with Crippen LogP contribution in [0.4, 0.5) is 17.1 Å². The number of aliphatic hydroxyl groups is 1. The van der Waals surface area contributed by atoms with E-state index in [0.717, 1.165) is 89.1 Å². The van der Waals surface area contributed by atoms with E-state index in [2.05, 4.69) is 81.8 Å². The van der Waals surface area contributed by atoms with E-state index in [9.17, 15) is 29.1 Å². The van der Waals surface area contributed by atoms with Gasteiger partial charge in [-0.1, -0.05) is 66.7 Å². The molecule has 6 aromatic heterocycles. The average molecular weight is 1210 g/mol. The second kappa shape index (κ2) is 26.1. The van der Waals surface area contributed by atoms with Crippen LogP contribution in [-0.2, 0) is 47.7 Å². The van der Waals surface area contributed by atoms with Crippen molar-refractivity contribution in [3.8, 4) is 0 Å². The summed E-state index contributed by atoms with van der Waals surface area (Å²) in [6, 6.07) is 32.3. The van der Waals surface area contributed by atoms with Gasteiger partial charge < -0.3 is 26.4 Å². The average Bonchev–Trinajstić information content (AvgIpc) is 1.51.